The van der Waals surface area contributed by atoms with Crippen LogP contribution in [0.5, 0.6) is 5.75 Å². The molecule has 18 heavy (non-hydrogen) atoms. The van der Waals surface area contributed by atoms with Crippen LogP contribution >= 0.6 is 11.6 Å². The van der Waals surface area contributed by atoms with Crippen LogP contribution in [0.15, 0.2) is 12.1 Å². The van der Waals surface area contributed by atoms with E-state index in [0.717, 1.165) is 32.7 Å². The molecule has 1 aromatic rings. The third-order valence-corrected chi connectivity index (χ3v) is 3.55. The summed E-state index contributed by atoms with van der Waals surface area (Å²) in [6.07, 6.45) is 0.621. The number of hydrogen-bond donors (Lipinski definition) is 1. The maximum Gasteiger partial charge on any atom is 0.148 e. The Morgan fingerprint density at radius 1 is 1.39 bits per heavy atom. The highest BCUT2D eigenvalue weighted by Gasteiger charge is 2.15. The summed E-state index contributed by atoms with van der Waals surface area (Å²) in [5.41, 5.74) is 0.573. The monoisotopic (exact) mass is 272 g/mol. The third kappa shape index (κ3) is 3.13. The fraction of sp³-hybridized carbons (Fsp3) is 0.538. The first-order chi connectivity index (χ1) is 8.72. The highest BCUT2D eigenvalue weighted by Crippen LogP contribution is 2.27. The molecule has 1 aromatic carbocycles. The Hall–Kier alpha value is -0.840. The first-order valence-electron chi connectivity index (χ1n) is 6.16. The molecule has 1 aliphatic heterocycles. The van der Waals surface area contributed by atoms with Gasteiger partial charge in [0.25, 0.3) is 0 Å². The molecule has 0 aliphatic carbocycles. The van der Waals surface area contributed by atoms with Crippen LogP contribution in [-0.2, 0) is 6.42 Å². The molecule has 0 saturated carbocycles. The quantitative estimate of drug-likeness (QED) is 0.907. The summed E-state index contributed by atoms with van der Waals surface area (Å²) in [4.78, 5) is 2.32. The number of rotatable bonds is 4. The Balaban J connectivity index is 2.05. The molecule has 1 fully saturated rings. The molecular weight excluding hydrogens is 255 g/mol. The van der Waals surface area contributed by atoms with Crippen molar-refractivity contribution in [1.82, 2.24) is 10.2 Å². The average Bonchev–Trinajstić information content (AvgIpc) is 2.41. The number of halogens is 2. The van der Waals surface area contributed by atoms with Gasteiger partial charge in [0.15, 0.2) is 0 Å². The largest absolute Gasteiger partial charge is 0.496 e. The molecule has 0 radical (unpaired) electrons. The first-order valence-corrected chi connectivity index (χ1v) is 6.54. The molecule has 5 heteroatoms. The van der Waals surface area contributed by atoms with E-state index in [1.165, 1.54) is 6.07 Å². The minimum Gasteiger partial charge on any atom is -0.496 e. The number of hydrogen-bond acceptors (Lipinski definition) is 3. The van der Waals surface area contributed by atoms with E-state index in [1.54, 1.807) is 13.2 Å². The molecule has 1 heterocycles. The van der Waals surface area contributed by atoms with Crippen LogP contribution in [0.3, 0.4) is 0 Å². The molecular formula is C13H18ClFN2O. The summed E-state index contributed by atoms with van der Waals surface area (Å²) in [5, 5.41) is 3.45. The Labute approximate surface area is 112 Å². The molecule has 0 atom stereocenters. The Morgan fingerprint density at radius 3 is 2.78 bits per heavy atom. The maximum atomic E-state index is 14.0. The van der Waals surface area contributed by atoms with Crippen molar-refractivity contribution in [3.8, 4) is 5.75 Å². The topological polar surface area (TPSA) is 24.5 Å². The van der Waals surface area contributed by atoms with E-state index >= 15 is 0 Å². The van der Waals surface area contributed by atoms with Crippen molar-refractivity contribution in [2.24, 2.45) is 0 Å². The lowest BCUT2D eigenvalue weighted by atomic mass is 10.1. The van der Waals surface area contributed by atoms with Crippen LogP contribution in [0.4, 0.5) is 4.39 Å². The summed E-state index contributed by atoms with van der Waals surface area (Å²) in [6, 6.07) is 3.25. The zero-order chi connectivity index (χ0) is 13.0. The van der Waals surface area contributed by atoms with E-state index in [-0.39, 0.29) is 10.8 Å². The summed E-state index contributed by atoms with van der Waals surface area (Å²) >= 11 is 5.81. The van der Waals surface area contributed by atoms with Gasteiger partial charge in [0.05, 0.1) is 12.1 Å². The zero-order valence-corrected chi connectivity index (χ0v) is 11.3. The molecule has 1 saturated heterocycles. The van der Waals surface area contributed by atoms with E-state index in [1.807, 2.05) is 0 Å². The molecule has 0 spiro atoms. The van der Waals surface area contributed by atoms with Gasteiger partial charge in [0.2, 0.25) is 0 Å². The maximum absolute atomic E-state index is 14.0. The molecule has 2 rings (SSSR count). The fourth-order valence-electron chi connectivity index (χ4n) is 2.20. The van der Waals surface area contributed by atoms with Crippen LogP contribution in [0.2, 0.25) is 5.02 Å². The molecule has 100 valence electrons. The van der Waals surface area contributed by atoms with Crippen molar-refractivity contribution in [3.05, 3.63) is 28.5 Å². The molecule has 0 bridgehead atoms. The number of methoxy groups -OCH3 is 1. The lowest BCUT2D eigenvalue weighted by molar-refractivity contribution is 0.242. The van der Waals surface area contributed by atoms with Crippen LogP contribution in [0, 0.1) is 5.82 Å². The van der Waals surface area contributed by atoms with Gasteiger partial charge < -0.3 is 15.0 Å². The second-order valence-corrected chi connectivity index (χ2v) is 4.79. The van der Waals surface area contributed by atoms with Crippen molar-refractivity contribution in [2.75, 3.05) is 39.8 Å². The van der Waals surface area contributed by atoms with Crippen molar-refractivity contribution in [1.29, 1.82) is 0 Å². The van der Waals surface area contributed by atoms with E-state index in [4.69, 9.17) is 16.3 Å². The highest BCUT2D eigenvalue weighted by atomic mass is 35.5. The zero-order valence-electron chi connectivity index (χ0n) is 10.5. The normalized spacial score (nSPS) is 16.8. The summed E-state index contributed by atoms with van der Waals surface area (Å²) in [5.74, 6) is 0.221. The van der Waals surface area contributed by atoms with Gasteiger partial charge in [0, 0.05) is 38.3 Å². The molecule has 0 amide bonds. The van der Waals surface area contributed by atoms with Gasteiger partial charge in [-0.25, -0.2) is 4.39 Å². The van der Waals surface area contributed by atoms with Crippen LogP contribution in [-0.4, -0.2) is 44.7 Å². The van der Waals surface area contributed by atoms with Gasteiger partial charge >= 0.3 is 0 Å². The van der Waals surface area contributed by atoms with Crippen molar-refractivity contribution in [3.63, 3.8) is 0 Å². The second-order valence-electron chi connectivity index (χ2n) is 4.38. The third-order valence-electron chi connectivity index (χ3n) is 3.26. The van der Waals surface area contributed by atoms with Gasteiger partial charge in [-0.3, -0.25) is 0 Å². The van der Waals surface area contributed by atoms with Crippen molar-refractivity contribution < 1.29 is 9.13 Å². The first kappa shape index (κ1) is 13.6. The fourth-order valence-corrected chi connectivity index (χ4v) is 2.38. The van der Waals surface area contributed by atoms with Gasteiger partial charge in [-0.15, -0.1) is 0 Å². The number of ether oxygens (including phenoxy) is 1. The smallest absolute Gasteiger partial charge is 0.148 e. The van der Waals surface area contributed by atoms with Gasteiger partial charge in [-0.1, -0.05) is 11.6 Å². The molecule has 0 unspecified atom stereocenters. The lowest BCUT2D eigenvalue weighted by Crippen LogP contribution is -2.44. The summed E-state index contributed by atoms with van der Waals surface area (Å²) in [6.45, 7) is 4.83. The van der Waals surface area contributed by atoms with Crippen LogP contribution in [0.1, 0.15) is 5.56 Å². The van der Waals surface area contributed by atoms with Crippen LogP contribution in [0.25, 0.3) is 0 Å². The van der Waals surface area contributed by atoms with Crippen molar-refractivity contribution >= 4 is 11.6 Å². The summed E-state index contributed by atoms with van der Waals surface area (Å²) in [7, 11) is 1.55. The summed E-state index contributed by atoms with van der Waals surface area (Å²) < 4.78 is 19.2. The Kier molecular flexibility index (Phi) is 4.80. The van der Waals surface area contributed by atoms with E-state index in [0.29, 0.717) is 17.7 Å². The predicted molar refractivity (Wildman–Crippen MR) is 71.0 cm³/mol. The number of nitrogens with zero attached hydrogens (tertiary/aromatic N) is 1. The highest BCUT2D eigenvalue weighted by molar-refractivity contribution is 6.30. The van der Waals surface area contributed by atoms with E-state index < -0.39 is 0 Å². The lowest BCUT2D eigenvalue weighted by Gasteiger charge is -2.27. The Bertz CT molecular complexity index is 408. The SMILES string of the molecule is COc1ccc(Cl)c(F)c1CCN1CCNCC1. The predicted octanol–water partition coefficient (Wildman–Crippen LogP) is 1.94. The van der Waals surface area contributed by atoms with Gasteiger partial charge in [-0.2, -0.15) is 0 Å². The molecule has 1 N–H and O–H groups in total. The molecule has 0 aromatic heterocycles. The van der Waals surface area contributed by atoms with E-state index in [9.17, 15) is 4.39 Å². The average molecular weight is 273 g/mol. The Morgan fingerprint density at radius 2 is 2.11 bits per heavy atom. The van der Waals surface area contributed by atoms with Gasteiger partial charge in [-0.05, 0) is 18.6 Å². The van der Waals surface area contributed by atoms with E-state index in [2.05, 4.69) is 10.2 Å². The standard InChI is InChI=1S/C13H18ClFN2O/c1-18-12-3-2-11(14)13(15)10(12)4-7-17-8-5-16-6-9-17/h2-3,16H,4-9H2,1H3. The van der Waals surface area contributed by atoms with Crippen LogP contribution < -0.4 is 10.1 Å². The number of nitrogens with one attached hydrogen (secondary N) is 1. The number of piperazine rings is 1. The minimum atomic E-state index is -0.355. The second kappa shape index (κ2) is 6.36. The van der Waals surface area contributed by atoms with Crippen molar-refractivity contribution in [2.45, 2.75) is 6.42 Å². The van der Waals surface area contributed by atoms with Gasteiger partial charge in [0.1, 0.15) is 11.6 Å². The minimum absolute atomic E-state index is 0.158. The molecule has 1 aliphatic rings. The number of benzene rings is 1. The molecule has 3 nitrogen and oxygen atoms in total.